The molecule has 1 saturated heterocycles. The first-order valence-electron chi connectivity index (χ1n) is 8.34. The molecule has 1 aromatic rings. The maximum Gasteiger partial charge on any atom is 0.0218 e. The molecule has 2 rings (SSSR count). The van der Waals surface area contributed by atoms with Crippen molar-refractivity contribution in [2.24, 2.45) is 0 Å². The average Bonchev–Trinajstić information content (AvgIpc) is 2.49. The Morgan fingerprint density at radius 2 is 2.00 bits per heavy atom. The lowest BCUT2D eigenvalue weighted by Crippen LogP contribution is -2.56. The summed E-state index contributed by atoms with van der Waals surface area (Å²) in [5, 5.41) is 3.72. The molecule has 0 radical (unpaired) electrons. The molecule has 0 aromatic heterocycles. The van der Waals surface area contributed by atoms with Gasteiger partial charge in [0.25, 0.3) is 0 Å². The van der Waals surface area contributed by atoms with E-state index in [1.165, 1.54) is 57.3 Å². The maximum atomic E-state index is 3.72. The molecule has 1 N–H and O–H groups in total. The second kappa shape index (κ2) is 8.43. The zero-order chi connectivity index (χ0) is 14.2. The highest BCUT2D eigenvalue weighted by Gasteiger charge is 2.25. The lowest BCUT2D eigenvalue weighted by molar-refractivity contribution is 0.122. The Bertz CT molecular complexity index is 363. The highest BCUT2D eigenvalue weighted by atomic mass is 15.2. The molecule has 0 aliphatic carbocycles. The number of piperazine rings is 1. The first-order chi connectivity index (χ1) is 9.83. The number of aryl methyl sites for hydroxylation is 1. The topological polar surface area (TPSA) is 15.3 Å². The van der Waals surface area contributed by atoms with E-state index in [0.29, 0.717) is 6.04 Å². The van der Waals surface area contributed by atoms with Crippen LogP contribution < -0.4 is 5.32 Å². The predicted molar refractivity (Wildman–Crippen MR) is 87.1 cm³/mol. The highest BCUT2D eigenvalue weighted by molar-refractivity contribution is 5.14. The number of hydrogen-bond donors (Lipinski definition) is 1. The quantitative estimate of drug-likeness (QED) is 0.819. The molecule has 2 atom stereocenters. The fourth-order valence-electron chi connectivity index (χ4n) is 3.28. The SMILES string of the molecule is CCCC1CN(CCCc2ccccc2)C(CC)CN1. The Hall–Kier alpha value is -0.860. The molecule has 1 aromatic carbocycles. The second-order valence-corrected chi connectivity index (χ2v) is 6.04. The van der Waals surface area contributed by atoms with Crippen LogP contribution >= 0.6 is 0 Å². The number of hydrogen-bond acceptors (Lipinski definition) is 2. The number of nitrogens with zero attached hydrogens (tertiary/aromatic N) is 1. The minimum Gasteiger partial charge on any atom is -0.311 e. The van der Waals surface area contributed by atoms with Gasteiger partial charge in [-0.05, 0) is 37.8 Å². The van der Waals surface area contributed by atoms with Crippen molar-refractivity contribution in [1.82, 2.24) is 10.2 Å². The second-order valence-electron chi connectivity index (χ2n) is 6.04. The highest BCUT2D eigenvalue weighted by Crippen LogP contribution is 2.14. The molecule has 2 nitrogen and oxygen atoms in total. The molecular weight excluding hydrogens is 244 g/mol. The molecule has 0 bridgehead atoms. The predicted octanol–water partition coefficient (Wildman–Crippen LogP) is 3.47. The third-order valence-corrected chi connectivity index (χ3v) is 4.48. The van der Waals surface area contributed by atoms with E-state index in [0.717, 1.165) is 6.04 Å². The number of rotatable bonds is 7. The van der Waals surface area contributed by atoms with Crippen LogP contribution in [0.5, 0.6) is 0 Å². The molecule has 2 heteroatoms. The fraction of sp³-hybridized carbons (Fsp3) is 0.667. The molecule has 0 saturated carbocycles. The van der Waals surface area contributed by atoms with Gasteiger partial charge in [0, 0.05) is 25.2 Å². The van der Waals surface area contributed by atoms with E-state index >= 15 is 0 Å². The third kappa shape index (κ3) is 4.60. The average molecular weight is 274 g/mol. The van der Waals surface area contributed by atoms with Gasteiger partial charge in [0.1, 0.15) is 0 Å². The number of benzene rings is 1. The van der Waals surface area contributed by atoms with Gasteiger partial charge in [0.2, 0.25) is 0 Å². The molecule has 1 fully saturated rings. The van der Waals surface area contributed by atoms with Crippen molar-refractivity contribution in [1.29, 1.82) is 0 Å². The largest absolute Gasteiger partial charge is 0.311 e. The molecule has 0 spiro atoms. The van der Waals surface area contributed by atoms with Crippen LogP contribution in [-0.2, 0) is 6.42 Å². The molecule has 112 valence electrons. The monoisotopic (exact) mass is 274 g/mol. The smallest absolute Gasteiger partial charge is 0.0218 e. The van der Waals surface area contributed by atoms with E-state index in [4.69, 9.17) is 0 Å². The summed E-state index contributed by atoms with van der Waals surface area (Å²) in [4.78, 5) is 2.72. The van der Waals surface area contributed by atoms with E-state index in [2.05, 4.69) is 54.4 Å². The van der Waals surface area contributed by atoms with Gasteiger partial charge in [0.15, 0.2) is 0 Å². The van der Waals surface area contributed by atoms with Crippen molar-refractivity contribution in [3.63, 3.8) is 0 Å². The molecule has 0 amide bonds. The van der Waals surface area contributed by atoms with Crippen LogP contribution in [0.25, 0.3) is 0 Å². The maximum absolute atomic E-state index is 3.72. The van der Waals surface area contributed by atoms with Crippen LogP contribution in [-0.4, -0.2) is 36.6 Å². The Morgan fingerprint density at radius 3 is 2.70 bits per heavy atom. The van der Waals surface area contributed by atoms with E-state index in [-0.39, 0.29) is 0 Å². The van der Waals surface area contributed by atoms with Gasteiger partial charge in [-0.1, -0.05) is 50.6 Å². The first kappa shape index (κ1) is 15.5. The van der Waals surface area contributed by atoms with Crippen molar-refractivity contribution in [3.8, 4) is 0 Å². The van der Waals surface area contributed by atoms with Crippen molar-refractivity contribution >= 4 is 0 Å². The van der Waals surface area contributed by atoms with Crippen molar-refractivity contribution in [2.45, 2.75) is 58.0 Å². The summed E-state index contributed by atoms with van der Waals surface area (Å²) in [6, 6.07) is 12.3. The summed E-state index contributed by atoms with van der Waals surface area (Å²) >= 11 is 0. The molecule has 1 heterocycles. The van der Waals surface area contributed by atoms with E-state index < -0.39 is 0 Å². The summed E-state index contributed by atoms with van der Waals surface area (Å²) in [6.45, 7) is 8.26. The van der Waals surface area contributed by atoms with Crippen LogP contribution in [0.4, 0.5) is 0 Å². The zero-order valence-electron chi connectivity index (χ0n) is 13.1. The van der Waals surface area contributed by atoms with Gasteiger partial charge < -0.3 is 5.32 Å². The van der Waals surface area contributed by atoms with Crippen LogP contribution in [0.15, 0.2) is 30.3 Å². The van der Waals surface area contributed by atoms with Gasteiger partial charge in [-0.2, -0.15) is 0 Å². The normalized spacial score (nSPS) is 23.9. The van der Waals surface area contributed by atoms with E-state index in [1.807, 2.05) is 0 Å². The minimum atomic E-state index is 0.708. The summed E-state index contributed by atoms with van der Waals surface area (Å²) in [5.41, 5.74) is 1.47. The lowest BCUT2D eigenvalue weighted by atomic mass is 10.0. The first-order valence-corrected chi connectivity index (χ1v) is 8.34. The minimum absolute atomic E-state index is 0.708. The van der Waals surface area contributed by atoms with E-state index in [9.17, 15) is 0 Å². The van der Waals surface area contributed by atoms with Crippen LogP contribution in [0.2, 0.25) is 0 Å². The zero-order valence-corrected chi connectivity index (χ0v) is 13.1. The fourth-order valence-corrected chi connectivity index (χ4v) is 3.28. The standard InChI is InChI=1S/C18H30N2/c1-3-9-17-15-20(18(4-2)14-19-17)13-8-12-16-10-6-5-7-11-16/h5-7,10-11,17-19H,3-4,8-9,12-15H2,1-2H3. The van der Waals surface area contributed by atoms with Gasteiger partial charge in [-0.3, -0.25) is 4.90 Å². The van der Waals surface area contributed by atoms with Gasteiger partial charge in [0.05, 0.1) is 0 Å². The number of nitrogens with one attached hydrogen (secondary N) is 1. The molecule has 2 unspecified atom stereocenters. The van der Waals surface area contributed by atoms with Crippen LogP contribution in [0.3, 0.4) is 0 Å². The van der Waals surface area contributed by atoms with Crippen molar-refractivity contribution < 1.29 is 0 Å². The van der Waals surface area contributed by atoms with Crippen LogP contribution in [0.1, 0.15) is 45.1 Å². The Morgan fingerprint density at radius 1 is 1.20 bits per heavy atom. The summed E-state index contributed by atoms with van der Waals surface area (Å²) in [5.74, 6) is 0. The Kier molecular flexibility index (Phi) is 6.55. The van der Waals surface area contributed by atoms with Crippen molar-refractivity contribution in [2.75, 3.05) is 19.6 Å². The van der Waals surface area contributed by atoms with Crippen molar-refractivity contribution in [3.05, 3.63) is 35.9 Å². The van der Waals surface area contributed by atoms with Gasteiger partial charge >= 0.3 is 0 Å². The molecule has 20 heavy (non-hydrogen) atoms. The summed E-state index contributed by atoms with van der Waals surface area (Å²) < 4.78 is 0. The molecular formula is C18H30N2. The Labute approximate surface area is 124 Å². The van der Waals surface area contributed by atoms with Gasteiger partial charge in [-0.15, -0.1) is 0 Å². The van der Waals surface area contributed by atoms with Crippen LogP contribution in [0, 0.1) is 0 Å². The molecule has 1 aliphatic heterocycles. The summed E-state index contributed by atoms with van der Waals surface area (Å²) in [6.07, 6.45) is 6.34. The molecule has 1 aliphatic rings. The lowest BCUT2D eigenvalue weighted by Gasteiger charge is -2.40. The summed E-state index contributed by atoms with van der Waals surface area (Å²) in [7, 11) is 0. The van der Waals surface area contributed by atoms with Gasteiger partial charge in [-0.25, -0.2) is 0 Å². The van der Waals surface area contributed by atoms with E-state index in [1.54, 1.807) is 0 Å². The Balaban J connectivity index is 1.79. The third-order valence-electron chi connectivity index (χ3n) is 4.48.